The molecule has 3 N–H and O–H groups in total. The van der Waals surface area contributed by atoms with Crippen LogP contribution in [0.5, 0.6) is 5.75 Å². The Morgan fingerprint density at radius 3 is 2.64 bits per heavy atom. The Kier molecular flexibility index (Phi) is 5.36. The highest BCUT2D eigenvalue weighted by atomic mass is 32.2. The van der Waals surface area contributed by atoms with E-state index in [4.69, 9.17) is 5.73 Å². The molecule has 124 valence electrons. The third-order valence-electron chi connectivity index (χ3n) is 3.58. The van der Waals surface area contributed by atoms with E-state index in [0.29, 0.717) is 37.8 Å². The van der Waals surface area contributed by atoms with Gasteiger partial charge in [0.05, 0.1) is 11.3 Å². The fraction of sp³-hybridized carbons (Fsp3) is 0.571. The van der Waals surface area contributed by atoms with Gasteiger partial charge in [0.25, 0.3) is 0 Å². The summed E-state index contributed by atoms with van der Waals surface area (Å²) in [6.45, 7) is -2.45. The van der Waals surface area contributed by atoms with Gasteiger partial charge in [0.15, 0.2) is 0 Å². The number of unbranched alkanes of at least 4 members (excludes halogenated alkanes) is 1. The number of nitrogens with one attached hydrogen (secondary N) is 1. The summed E-state index contributed by atoms with van der Waals surface area (Å²) in [4.78, 5) is 0. The van der Waals surface area contributed by atoms with E-state index in [1.54, 1.807) is 12.1 Å². The van der Waals surface area contributed by atoms with E-state index >= 15 is 0 Å². The zero-order valence-corrected chi connectivity index (χ0v) is 12.9. The summed E-state index contributed by atoms with van der Waals surface area (Å²) >= 11 is 0. The van der Waals surface area contributed by atoms with E-state index in [0.717, 1.165) is 0 Å². The predicted molar refractivity (Wildman–Crippen MR) is 79.2 cm³/mol. The molecule has 0 aliphatic heterocycles. The third kappa shape index (κ3) is 4.62. The zero-order valence-electron chi connectivity index (χ0n) is 12.1. The number of rotatable bonds is 9. The summed E-state index contributed by atoms with van der Waals surface area (Å²) in [5, 5.41) is 0. The second-order valence-corrected chi connectivity index (χ2v) is 7.25. The smallest absolute Gasteiger partial charge is 0.387 e. The summed E-state index contributed by atoms with van der Waals surface area (Å²) in [6.07, 6.45) is 2.42. The summed E-state index contributed by atoms with van der Waals surface area (Å²) in [6, 6.07) is 6.17. The Morgan fingerprint density at radius 1 is 1.32 bits per heavy atom. The molecule has 0 saturated heterocycles. The first-order valence-electron chi connectivity index (χ1n) is 7.14. The molecule has 2 rings (SSSR count). The van der Waals surface area contributed by atoms with Gasteiger partial charge in [-0.25, -0.2) is 13.1 Å². The maximum Gasteiger partial charge on any atom is 0.387 e. The average molecular weight is 334 g/mol. The Hall–Kier alpha value is -1.25. The topological polar surface area (TPSA) is 81.4 Å². The van der Waals surface area contributed by atoms with Gasteiger partial charge >= 0.3 is 6.61 Å². The van der Waals surface area contributed by atoms with Gasteiger partial charge in [-0.15, -0.1) is 0 Å². The molecule has 0 bridgehead atoms. The maximum absolute atomic E-state index is 12.3. The molecule has 1 aliphatic carbocycles. The first-order valence-corrected chi connectivity index (χ1v) is 8.79. The number of halogens is 2. The van der Waals surface area contributed by atoms with E-state index in [-0.39, 0.29) is 11.5 Å². The molecule has 0 aromatic heterocycles. The van der Waals surface area contributed by atoms with Gasteiger partial charge < -0.3 is 10.5 Å². The lowest BCUT2D eigenvalue weighted by atomic mass is 10.1. The molecule has 0 unspecified atom stereocenters. The second kappa shape index (κ2) is 6.89. The van der Waals surface area contributed by atoms with Crippen LogP contribution in [0.2, 0.25) is 0 Å². The van der Waals surface area contributed by atoms with Crippen LogP contribution in [0.3, 0.4) is 0 Å². The van der Waals surface area contributed by atoms with Crippen molar-refractivity contribution in [2.75, 3.05) is 12.3 Å². The first-order chi connectivity index (χ1) is 10.4. The highest BCUT2D eigenvalue weighted by Crippen LogP contribution is 2.46. The molecule has 0 spiro atoms. The minimum atomic E-state index is -3.43. The molecule has 1 saturated carbocycles. The van der Waals surface area contributed by atoms with E-state index in [9.17, 15) is 17.2 Å². The predicted octanol–water partition coefficient (Wildman–Crippen LogP) is 1.94. The lowest BCUT2D eigenvalue weighted by Crippen LogP contribution is -2.36. The minimum absolute atomic E-state index is 0.0131. The third-order valence-corrected chi connectivity index (χ3v) is 5.11. The Bertz CT molecular complexity index is 604. The number of hydrogen-bond donors (Lipinski definition) is 2. The van der Waals surface area contributed by atoms with Gasteiger partial charge in [0, 0.05) is 0 Å². The number of sulfonamides is 1. The van der Waals surface area contributed by atoms with Crippen LogP contribution in [0.25, 0.3) is 0 Å². The van der Waals surface area contributed by atoms with Crippen LogP contribution in [0, 0.1) is 0 Å². The monoisotopic (exact) mass is 334 g/mol. The summed E-state index contributed by atoms with van der Waals surface area (Å²) in [5.41, 5.74) is 5.31. The van der Waals surface area contributed by atoms with Gasteiger partial charge in [-0.2, -0.15) is 8.78 Å². The highest BCUT2D eigenvalue weighted by Gasteiger charge is 2.47. The van der Waals surface area contributed by atoms with Gasteiger partial charge in [0.1, 0.15) is 5.75 Å². The van der Waals surface area contributed by atoms with Crippen molar-refractivity contribution in [3.05, 3.63) is 29.8 Å². The number of hydrogen-bond acceptors (Lipinski definition) is 4. The van der Waals surface area contributed by atoms with E-state index < -0.39 is 22.2 Å². The van der Waals surface area contributed by atoms with Crippen molar-refractivity contribution in [3.8, 4) is 5.75 Å². The highest BCUT2D eigenvalue weighted by molar-refractivity contribution is 7.89. The molecule has 1 aliphatic rings. The van der Waals surface area contributed by atoms with Crippen LogP contribution in [0.1, 0.15) is 31.2 Å². The van der Waals surface area contributed by atoms with E-state index in [1.807, 2.05) is 0 Å². The molecular formula is C14H20F2N2O3S. The minimum Gasteiger partial charge on any atom is -0.435 e. The number of nitrogens with two attached hydrogens (primary N) is 1. The van der Waals surface area contributed by atoms with E-state index in [1.165, 1.54) is 12.1 Å². The fourth-order valence-electron chi connectivity index (χ4n) is 2.33. The number of alkyl halides is 2. The maximum atomic E-state index is 12.3. The van der Waals surface area contributed by atoms with Gasteiger partial charge in [-0.3, -0.25) is 0 Å². The first kappa shape index (κ1) is 17.1. The zero-order chi connectivity index (χ0) is 16.2. The molecule has 0 heterocycles. The van der Waals surface area contributed by atoms with Crippen molar-refractivity contribution < 1.29 is 21.9 Å². The number of benzene rings is 1. The fourth-order valence-corrected chi connectivity index (χ4v) is 3.93. The Morgan fingerprint density at radius 2 is 2.05 bits per heavy atom. The van der Waals surface area contributed by atoms with Crippen LogP contribution in [0.15, 0.2) is 24.3 Å². The van der Waals surface area contributed by atoms with Crippen LogP contribution in [0.4, 0.5) is 8.78 Å². The largest absolute Gasteiger partial charge is 0.435 e. The van der Waals surface area contributed by atoms with Crippen LogP contribution >= 0.6 is 0 Å². The van der Waals surface area contributed by atoms with E-state index in [2.05, 4.69) is 9.46 Å². The van der Waals surface area contributed by atoms with Crippen molar-refractivity contribution in [1.29, 1.82) is 0 Å². The standard InChI is InChI=1S/C14H20F2N2O3S/c15-13(16)21-12-5-3-4-11(10-12)14(6-7-14)18-22(19,20)9-2-1-8-17/h3-5,10,13,18H,1-2,6-9,17H2. The van der Waals surface area contributed by atoms with Crippen molar-refractivity contribution in [3.63, 3.8) is 0 Å². The summed E-state index contributed by atoms with van der Waals surface area (Å²) < 4.78 is 55.8. The SMILES string of the molecule is NCCCCS(=O)(=O)NC1(c2cccc(OC(F)F)c2)CC1. The molecule has 0 radical (unpaired) electrons. The van der Waals surface area contributed by atoms with Crippen molar-refractivity contribution in [2.24, 2.45) is 5.73 Å². The van der Waals surface area contributed by atoms with Crippen LogP contribution < -0.4 is 15.2 Å². The normalized spacial score (nSPS) is 16.7. The lowest BCUT2D eigenvalue weighted by Gasteiger charge is -2.19. The quantitative estimate of drug-likeness (QED) is 0.676. The Balaban J connectivity index is 2.08. The molecule has 5 nitrogen and oxygen atoms in total. The summed E-state index contributed by atoms with van der Waals surface area (Å²) in [5.74, 6) is 0.0419. The molecule has 0 amide bonds. The van der Waals surface area contributed by atoms with Gasteiger partial charge in [-0.1, -0.05) is 12.1 Å². The van der Waals surface area contributed by atoms with Crippen LogP contribution in [-0.2, 0) is 15.6 Å². The molecule has 22 heavy (non-hydrogen) atoms. The molecule has 8 heteroatoms. The van der Waals surface area contributed by atoms with Crippen molar-refractivity contribution >= 4 is 10.0 Å². The Labute approximate surface area is 128 Å². The molecule has 0 atom stereocenters. The average Bonchev–Trinajstić information content (AvgIpc) is 3.18. The summed E-state index contributed by atoms with van der Waals surface area (Å²) in [7, 11) is -3.43. The molecule has 1 aromatic carbocycles. The van der Waals surface area contributed by atoms with Crippen LogP contribution in [-0.4, -0.2) is 27.3 Å². The molecule has 1 aromatic rings. The molecular weight excluding hydrogens is 314 g/mol. The lowest BCUT2D eigenvalue weighted by molar-refractivity contribution is -0.0499. The second-order valence-electron chi connectivity index (χ2n) is 5.41. The molecule has 1 fully saturated rings. The van der Waals surface area contributed by atoms with Gasteiger partial charge in [0.2, 0.25) is 10.0 Å². The number of ether oxygens (including phenoxy) is 1. The van der Waals surface area contributed by atoms with Gasteiger partial charge in [-0.05, 0) is 49.9 Å². The van der Waals surface area contributed by atoms with Crippen molar-refractivity contribution in [1.82, 2.24) is 4.72 Å². The van der Waals surface area contributed by atoms with Crippen molar-refractivity contribution in [2.45, 2.75) is 37.8 Å².